The van der Waals surface area contributed by atoms with E-state index in [2.05, 4.69) is 20.1 Å². The summed E-state index contributed by atoms with van der Waals surface area (Å²) in [6.45, 7) is -0.00819. The number of nitrogens with zero attached hydrogens (tertiary/aromatic N) is 5. The number of anilines is 2. The van der Waals surface area contributed by atoms with Gasteiger partial charge in [-0.1, -0.05) is 23.4 Å². The van der Waals surface area contributed by atoms with Crippen LogP contribution in [0.15, 0.2) is 47.3 Å². The van der Waals surface area contributed by atoms with Crippen LogP contribution >= 0.6 is 0 Å². The summed E-state index contributed by atoms with van der Waals surface area (Å²) in [5.74, 6) is 0.187. The molecule has 36 heavy (non-hydrogen) atoms. The van der Waals surface area contributed by atoms with Gasteiger partial charge >= 0.3 is 0 Å². The van der Waals surface area contributed by atoms with Crippen molar-refractivity contribution in [3.05, 3.63) is 82.3 Å². The van der Waals surface area contributed by atoms with E-state index in [1.807, 2.05) is 6.07 Å². The van der Waals surface area contributed by atoms with Crippen molar-refractivity contribution >= 4 is 17.5 Å². The Balaban J connectivity index is 1.38. The van der Waals surface area contributed by atoms with Gasteiger partial charge in [-0.25, -0.2) is 9.37 Å². The highest BCUT2D eigenvalue weighted by Gasteiger charge is 2.33. The average molecular weight is 487 g/mol. The molecule has 4 aromatic rings. The number of carbonyl (C=O) groups is 1. The lowest BCUT2D eigenvalue weighted by Crippen LogP contribution is -2.39. The van der Waals surface area contributed by atoms with Crippen LogP contribution in [0.25, 0.3) is 11.4 Å². The van der Waals surface area contributed by atoms with Crippen LogP contribution in [0.2, 0.25) is 0 Å². The number of aromatic nitrogens is 4. The number of aliphatic hydroxyl groups excluding tert-OH is 1. The van der Waals surface area contributed by atoms with E-state index < -0.39 is 11.7 Å². The van der Waals surface area contributed by atoms with Crippen LogP contribution in [0.5, 0.6) is 0 Å². The van der Waals surface area contributed by atoms with E-state index in [0.717, 1.165) is 29.5 Å². The predicted molar refractivity (Wildman–Crippen MR) is 129 cm³/mol. The lowest BCUT2D eigenvalue weighted by Gasteiger charge is -2.31. The first-order valence-electron chi connectivity index (χ1n) is 11.8. The fourth-order valence-corrected chi connectivity index (χ4v) is 4.81. The van der Waals surface area contributed by atoms with Crippen molar-refractivity contribution in [2.24, 2.45) is 0 Å². The maximum absolute atomic E-state index is 15.1. The lowest BCUT2D eigenvalue weighted by molar-refractivity contribution is 0.0976. The second-order valence-corrected chi connectivity index (χ2v) is 9.12. The van der Waals surface area contributed by atoms with Gasteiger partial charge in [0.15, 0.2) is 5.82 Å². The molecule has 0 saturated heterocycles. The molecule has 3 heterocycles. The van der Waals surface area contributed by atoms with Crippen LogP contribution < -0.4 is 10.6 Å². The zero-order valence-corrected chi connectivity index (χ0v) is 19.3. The summed E-state index contributed by atoms with van der Waals surface area (Å²) in [4.78, 5) is 28.0. The van der Waals surface area contributed by atoms with E-state index in [9.17, 15) is 9.90 Å². The molecule has 0 unspecified atom stereocenters. The van der Waals surface area contributed by atoms with Crippen LogP contribution in [0.4, 0.5) is 16.0 Å². The first kappa shape index (κ1) is 22.3. The zero-order valence-electron chi connectivity index (χ0n) is 19.3. The molecular weight excluding hydrogens is 463 g/mol. The fraction of sp³-hybridized carbons (Fsp3) is 0.269. The number of rotatable bonds is 6. The van der Waals surface area contributed by atoms with Gasteiger partial charge in [-0.15, -0.1) is 0 Å². The van der Waals surface area contributed by atoms with Crippen LogP contribution in [0, 0.1) is 5.82 Å². The molecular formula is C26H23FN6O3. The summed E-state index contributed by atoms with van der Waals surface area (Å²) in [5, 5.41) is 14.0. The molecule has 0 bridgehead atoms. The first-order chi connectivity index (χ1) is 17.5. The van der Waals surface area contributed by atoms with Gasteiger partial charge in [0.25, 0.3) is 5.91 Å². The molecule has 182 valence electrons. The number of carbonyl (C=O) groups excluding carboxylic acids is 1. The second-order valence-electron chi connectivity index (χ2n) is 9.12. The minimum absolute atomic E-state index is 0.0252. The third-order valence-corrected chi connectivity index (χ3v) is 6.69. The molecule has 6 rings (SSSR count). The van der Waals surface area contributed by atoms with E-state index in [1.165, 1.54) is 17.2 Å². The van der Waals surface area contributed by atoms with Crippen molar-refractivity contribution < 1.29 is 18.8 Å². The topological polar surface area (TPSA) is 131 Å². The Bertz CT molecular complexity index is 1470. The summed E-state index contributed by atoms with van der Waals surface area (Å²) in [6, 6.07) is 8.69. The van der Waals surface area contributed by atoms with Crippen molar-refractivity contribution in [1.29, 1.82) is 0 Å². The Morgan fingerprint density at radius 2 is 2.06 bits per heavy atom. The monoisotopic (exact) mass is 486 g/mol. The SMILES string of the molecule is Nc1nc(Cc2cnoc2)nc(-c2cccc(N3CCc4cc(C5CC5)cc(F)c4C3=O)c2CO)n1. The first-order valence-corrected chi connectivity index (χ1v) is 11.8. The summed E-state index contributed by atoms with van der Waals surface area (Å²) >= 11 is 0. The number of halogens is 1. The normalized spacial score (nSPS) is 15.3. The largest absolute Gasteiger partial charge is 0.392 e. The summed E-state index contributed by atoms with van der Waals surface area (Å²) < 4.78 is 19.9. The zero-order chi connectivity index (χ0) is 24.8. The number of hydrogen-bond acceptors (Lipinski definition) is 8. The Kier molecular flexibility index (Phi) is 5.45. The predicted octanol–water partition coefficient (Wildman–Crippen LogP) is 3.41. The second kappa shape index (κ2) is 8.80. The molecule has 2 aromatic carbocycles. The van der Waals surface area contributed by atoms with Crippen molar-refractivity contribution in [1.82, 2.24) is 20.1 Å². The van der Waals surface area contributed by atoms with Gasteiger partial charge in [-0.3, -0.25) is 4.79 Å². The summed E-state index contributed by atoms with van der Waals surface area (Å²) in [6.07, 6.45) is 6.04. The highest BCUT2D eigenvalue weighted by Crippen LogP contribution is 2.42. The van der Waals surface area contributed by atoms with Crippen LogP contribution in [-0.2, 0) is 19.4 Å². The molecule has 9 nitrogen and oxygen atoms in total. The van der Waals surface area contributed by atoms with E-state index in [-0.39, 0.29) is 23.9 Å². The number of nitrogen functional groups attached to an aromatic ring is 1. The molecule has 1 fully saturated rings. The molecule has 0 spiro atoms. The molecule has 10 heteroatoms. The van der Waals surface area contributed by atoms with Crippen molar-refractivity contribution in [3.8, 4) is 11.4 Å². The molecule has 1 aliphatic heterocycles. The van der Waals surface area contributed by atoms with E-state index in [1.54, 1.807) is 24.4 Å². The van der Waals surface area contributed by atoms with Gasteiger partial charge in [0.2, 0.25) is 5.95 Å². The summed E-state index contributed by atoms with van der Waals surface area (Å²) in [7, 11) is 0. The smallest absolute Gasteiger partial charge is 0.261 e. The maximum Gasteiger partial charge on any atom is 0.261 e. The van der Waals surface area contributed by atoms with Crippen LogP contribution in [0.3, 0.4) is 0 Å². The number of hydrogen-bond donors (Lipinski definition) is 2. The Labute approximate surface area is 205 Å². The van der Waals surface area contributed by atoms with Gasteiger partial charge in [0.1, 0.15) is 17.9 Å². The van der Waals surface area contributed by atoms with Gasteiger partial charge in [0.05, 0.1) is 24.1 Å². The van der Waals surface area contributed by atoms with Gasteiger partial charge in [-0.05, 0) is 48.4 Å². The minimum Gasteiger partial charge on any atom is -0.392 e. The molecule has 3 N–H and O–H groups in total. The Hall–Kier alpha value is -4.18. The minimum atomic E-state index is -0.491. The molecule has 1 amide bonds. The van der Waals surface area contributed by atoms with Gasteiger partial charge in [0, 0.05) is 29.7 Å². The number of benzene rings is 2. The van der Waals surface area contributed by atoms with Crippen molar-refractivity contribution in [2.75, 3.05) is 17.2 Å². The van der Waals surface area contributed by atoms with Crippen molar-refractivity contribution in [3.63, 3.8) is 0 Å². The molecule has 2 aliphatic rings. The highest BCUT2D eigenvalue weighted by molar-refractivity contribution is 6.09. The number of fused-ring (bicyclic) bond motifs is 1. The van der Waals surface area contributed by atoms with Crippen molar-refractivity contribution in [2.45, 2.75) is 38.2 Å². The molecule has 0 atom stereocenters. The standard InChI is InChI=1S/C26H23FN6O3/c27-20-10-17(15-4-5-15)9-16-6-7-33(25(35)23(16)20)21-3-1-2-18(19(21)12-34)24-30-22(31-26(28)32-24)8-14-11-29-36-13-14/h1-3,9-11,13,15,34H,4-8,12H2,(H2,28,30,31,32). The molecule has 1 saturated carbocycles. The Morgan fingerprint density at radius 3 is 2.81 bits per heavy atom. The van der Waals surface area contributed by atoms with Gasteiger partial charge in [-0.2, -0.15) is 9.97 Å². The number of amides is 1. The fourth-order valence-electron chi connectivity index (χ4n) is 4.81. The lowest BCUT2D eigenvalue weighted by atomic mass is 9.93. The third-order valence-electron chi connectivity index (χ3n) is 6.69. The van der Waals surface area contributed by atoms with Crippen LogP contribution in [-0.4, -0.2) is 37.7 Å². The van der Waals surface area contributed by atoms with Gasteiger partial charge < -0.3 is 20.3 Å². The molecule has 0 radical (unpaired) electrons. The third kappa shape index (κ3) is 3.99. The number of aliphatic hydroxyl groups is 1. The van der Waals surface area contributed by atoms with E-state index in [4.69, 9.17) is 10.3 Å². The summed E-state index contributed by atoms with van der Waals surface area (Å²) in [5.41, 5.74) is 9.98. The Morgan fingerprint density at radius 1 is 1.19 bits per heavy atom. The quantitative estimate of drug-likeness (QED) is 0.424. The van der Waals surface area contributed by atoms with Crippen LogP contribution in [0.1, 0.15) is 57.2 Å². The average Bonchev–Trinajstić information content (AvgIpc) is 3.60. The maximum atomic E-state index is 15.1. The molecule has 1 aliphatic carbocycles. The van der Waals surface area contributed by atoms with E-state index in [0.29, 0.717) is 47.9 Å². The van der Waals surface area contributed by atoms with E-state index >= 15 is 4.39 Å². The highest BCUT2D eigenvalue weighted by atomic mass is 19.1. The number of nitrogens with two attached hydrogens (primary N) is 1. The molecule has 2 aromatic heterocycles.